The fourth-order valence-corrected chi connectivity index (χ4v) is 2.99. The Morgan fingerprint density at radius 3 is 2.54 bits per heavy atom. The minimum atomic E-state index is -0.0859. The molecule has 0 saturated carbocycles. The van der Waals surface area contributed by atoms with Gasteiger partial charge in [0.05, 0.1) is 11.6 Å². The van der Waals surface area contributed by atoms with Crippen molar-refractivity contribution in [3.8, 4) is 0 Å². The van der Waals surface area contributed by atoms with Gasteiger partial charge in [-0.3, -0.25) is 4.98 Å². The smallest absolute Gasteiger partial charge is 0.0657 e. The Hall–Kier alpha value is -2.85. The van der Waals surface area contributed by atoms with E-state index in [4.69, 9.17) is 0 Å². The van der Waals surface area contributed by atoms with E-state index in [2.05, 4.69) is 94.4 Å². The second-order valence-electron chi connectivity index (χ2n) is 6.55. The first kappa shape index (κ1) is 21.5. The normalized spacial score (nSPS) is 23.6. The van der Waals surface area contributed by atoms with Crippen LogP contribution in [0.15, 0.2) is 103 Å². The quantitative estimate of drug-likeness (QED) is 0.737. The lowest BCUT2D eigenvalue weighted by molar-refractivity contribution is 0.376. The van der Waals surface area contributed by atoms with Gasteiger partial charge in [-0.15, -0.1) is 0 Å². The average Bonchev–Trinajstić information content (AvgIpc) is 2.79. The lowest BCUT2D eigenvalue weighted by Gasteiger charge is -2.29. The molecule has 0 radical (unpaired) electrons. The SMILES string of the molecule is CCN1C=CC=CC1C=CC=CC1(NC)C=CC(NC)=CC1.c1ccncc1. The molecule has 3 rings (SSSR count). The summed E-state index contributed by atoms with van der Waals surface area (Å²) in [5, 5.41) is 6.58. The van der Waals surface area contributed by atoms with Crippen LogP contribution in [-0.2, 0) is 0 Å². The average molecular weight is 377 g/mol. The predicted molar refractivity (Wildman–Crippen MR) is 120 cm³/mol. The van der Waals surface area contributed by atoms with Crippen molar-refractivity contribution in [2.75, 3.05) is 20.6 Å². The summed E-state index contributed by atoms with van der Waals surface area (Å²) in [7, 11) is 3.96. The zero-order chi connectivity index (χ0) is 20.1. The maximum absolute atomic E-state index is 3.78. The number of pyridine rings is 1. The number of rotatable bonds is 6. The van der Waals surface area contributed by atoms with Crippen LogP contribution in [0.3, 0.4) is 0 Å². The highest BCUT2D eigenvalue weighted by Gasteiger charge is 2.22. The van der Waals surface area contributed by atoms with E-state index in [1.807, 2.05) is 32.3 Å². The summed E-state index contributed by atoms with van der Waals surface area (Å²) in [6.07, 6.45) is 28.3. The Bertz CT molecular complexity index is 716. The second kappa shape index (κ2) is 11.8. The lowest BCUT2D eigenvalue weighted by atomic mass is 9.90. The van der Waals surface area contributed by atoms with Crippen molar-refractivity contribution in [1.29, 1.82) is 0 Å². The highest BCUT2D eigenvalue weighted by Crippen LogP contribution is 2.21. The number of hydrogen-bond donors (Lipinski definition) is 2. The van der Waals surface area contributed by atoms with Crippen molar-refractivity contribution in [3.05, 3.63) is 103 Å². The molecular formula is C24H32N4. The first-order chi connectivity index (χ1) is 13.7. The van der Waals surface area contributed by atoms with Gasteiger partial charge in [-0.05, 0) is 50.9 Å². The van der Waals surface area contributed by atoms with Crippen LogP contribution in [0.4, 0.5) is 0 Å². The largest absolute Gasteiger partial charge is 0.388 e. The standard InChI is InChI=1S/C19H27N3.C5H5N/c1-4-22-16-8-6-10-18(22)9-5-7-13-19(21-3)14-11-17(20-2)12-15-19;1-2-4-6-5-3-1/h5-14,16,18,20-21H,4,15H2,1-3H3;1-5H. The Morgan fingerprint density at radius 1 is 1.18 bits per heavy atom. The van der Waals surface area contributed by atoms with Gasteiger partial charge in [0.25, 0.3) is 0 Å². The summed E-state index contributed by atoms with van der Waals surface area (Å²) in [5.74, 6) is 0. The number of nitrogens with one attached hydrogen (secondary N) is 2. The first-order valence-electron chi connectivity index (χ1n) is 9.81. The molecule has 0 spiro atoms. The molecule has 4 nitrogen and oxygen atoms in total. The van der Waals surface area contributed by atoms with Crippen molar-refractivity contribution in [2.24, 2.45) is 0 Å². The van der Waals surface area contributed by atoms with Gasteiger partial charge < -0.3 is 15.5 Å². The third-order valence-electron chi connectivity index (χ3n) is 4.80. The van der Waals surface area contributed by atoms with E-state index in [1.165, 1.54) is 5.70 Å². The van der Waals surface area contributed by atoms with Crippen molar-refractivity contribution < 1.29 is 0 Å². The Morgan fingerprint density at radius 2 is 2.00 bits per heavy atom. The van der Waals surface area contributed by atoms with Gasteiger partial charge in [-0.1, -0.05) is 54.7 Å². The molecule has 1 aromatic rings. The molecule has 0 saturated heterocycles. The lowest BCUT2D eigenvalue weighted by Crippen LogP contribution is -2.40. The van der Waals surface area contributed by atoms with Crippen molar-refractivity contribution in [3.63, 3.8) is 0 Å². The molecule has 0 aromatic carbocycles. The third-order valence-corrected chi connectivity index (χ3v) is 4.80. The van der Waals surface area contributed by atoms with E-state index in [0.717, 1.165) is 13.0 Å². The molecule has 4 heteroatoms. The van der Waals surface area contributed by atoms with Crippen LogP contribution in [-0.4, -0.2) is 42.1 Å². The number of nitrogens with zero attached hydrogens (tertiary/aromatic N) is 2. The van der Waals surface area contributed by atoms with E-state index in [-0.39, 0.29) is 5.54 Å². The minimum Gasteiger partial charge on any atom is -0.388 e. The molecule has 2 aliphatic rings. The maximum atomic E-state index is 3.78. The fourth-order valence-electron chi connectivity index (χ4n) is 2.99. The molecule has 1 aromatic heterocycles. The van der Waals surface area contributed by atoms with Gasteiger partial charge in [0, 0.05) is 31.7 Å². The van der Waals surface area contributed by atoms with Gasteiger partial charge in [0.15, 0.2) is 0 Å². The van der Waals surface area contributed by atoms with E-state index >= 15 is 0 Å². The Labute approximate surface area is 169 Å². The minimum absolute atomic E-state index is 0.0859. The monoisotopic (exact) mass is 376 g/mol. The topological polar surface area (TPSA) is 40.2 Å². The summed E-state index contributed by atoms with van der Waals surface area (Å²) in [5.41, 5.74) is 1.09. The fraction of sp³-hybridized carbons (Fsp3) is 0.292. The number of hydrogen-bond acceptors (Lipinski definition) is 4. The van der Waals surface area contributed by atoms with Crippen LogP contribution in [0.25, 0.3) is 0 Å². The zero-order valence-corrected chi connectivity index (χ0v) is 17.1. The molecule has 1 aliphatic carbocycles. The van der Waals surface area contributed by atoms with Crippen LogP contribution in [0.2, 0.25) is 0 Å². The van der Waals surface area contributed by atoms with Crippen LogP contribution in [0.1, 0.15) is 13.3 Å². The van der Waals surface area contributed by atoms with Crippen LogP contribution in [0, 0.1) is 0 Å². The Balaban J connectivity index is 0.000000397. The number of aromatic nitrogens is 1. The molecule has 148 valence electrons. The molecule has 2 heterocycles. The van der Waals surface area contributed by atoms with Gasteiger partial charge >= 0.3 is 0 Å². The molecule has 1 aliphatic heterocycles. The summed E-state index contributed by atoms with van der Waals surface area (Å²) in [6.45, 7) is 3.19. The van der Waals surface area contributed by atoms with Gasteiger partial charge in [0.1, 0.15) is 0 Å². The molecule has 28 heavy (non-hydrogen) atoms. The maximum Gasteiger partial charge on any atom is 0.0657 e. The third kappa shape index (κ3) is 6.71. The molecule has 2 N–H and O–H groups in total. The highest BCUT2D eigenvalue weighted by molar-refractivity contribution is 5.34. The summed E-state index contributed by atoms with van der Waals surface area (Å²) >= 11 is 0. The molecule has 0 bridgehead atoms. The van der Waals surface area contributed by atoms with Gasteiger partial charge in [-0.2, -0.15) is 0 Å². The van der Waals surface area contributed by atoms with E-state index in [1.54, 1.807) is 12.4 Å². The molecular weight excluding hydrogens is 344 g/mol. The predicted octanol–water partition coefficient (Wildman–Crippen LogP) is 3.98. The molecule has 2 unspecified atom stereocenters. The van der Waals surface area contributed by atoms with Crippen LogP contribution in [0.5, 0.6) is 0 Å². The summed E-state index contributed by atoms with van der Waals surface area (Å²) in [6, 6.07) is 6.07. The number of allylic oxidation sites excluding steroid dienone is 5. The number of likely N-dealkylation sites (N-methyl/N-ethyl adjacent to an activating group) is 3. The first-order valence-corrected chi connectivity index (χ1v) is 9.81. The van der Waals surface area contributed by atoms with Crippen molar-refractivity contribution in [1.82, 2.24) is 20.5 Å². The van der Waals surface area contributed by atoms with Crippen molar-refractivity contribution in [2.45, 2.75) is 24.9 Å². The van der Waals surface area contributed by atoms with E-state index in [9.17, 15) is 0 Å². The zero-order valence-electron chi connectivity index (χ0n) is 17.1. The van der Waals surface area contributed by atoms with Gasteiger partial charge in [0.2, 0.25) is 0 Å². The van der Waals surface area contributed by atoms with E-state index in [0.29, 0.717) is 6.04 Å². The molecule has 0 fully saturated rings. The van der Waals surface area contributed by atoms with Crippen molar-refractivity contribution >= 4 is 0 Å². The molecule has 2 atom stereocenters. The summed E-state index contributed by atoms with van der Waals surface area (Å²) < 4.78 is 0. The summed E-state index contributed by atoms with van der Waals surface area (Å²) in [4.78, 5) is 6.09. The highest BCUT2D eigenvalue weighted by atomic mass is 15.1. The van der Waals surface area contributed by atoms with E-state index < -0.39 is 0 Å². The Kier molecular flexibility index (Phi) is 9.02. The van der Waals surface area contributed by atoms with Crippen LogP contribution < -0.4 is 10.6 Å². The molecule has 0 amide bonds. The van der Waals surface area contributed by atoms with Crippen LogP contribution >= 0.6 is 0 Å². The second-order valence-corrected chi connectivity index (χ2v) is 6.55. The van der Waals surface area contributed by atoms with Gasteiger partial charge in [-0.25, -0.2) is 0 Å².